The number of carbonyl (C=O) groups is 1. The zero-order valence-electron chi connectivity index (χ0n) is 10.8. The maximum Gasteiger partial charge on any atom is 0.126 e. The molecule has 0 atom stereocenters. The average Bonchev–Trinajstić information content (AvgIpc) is 2.42. The van der Waals surface area contributed by atoms with Crippen LogP contribution in [0, 0.1) is 6.92 Å². The molecule has 17 heavy (non-hydrogen) atoms. The molecule has 0 unspecified atom stereocenters. The van der Waals surface area contributed by atoms with Gasteiger partial charge in [0, 0.05) is 35.9 Å². The lowest BCUT2D eigenvalue weighted by molar-refractivity contribution is -0.0979. The van der Waals surface area contributed by atoms with Crippen LogP contribution >= 0.6 is 0 Å². The Kier molecular flexibility index (Phi) is 7.26. The topological polar surface area (TPSA) is 54.9 Å². The fraction of sp³-hybridized carbons (Fsp3) is 0.308. The lowest BCUT2D eigenvalue weighted by atomic mass is 10.2. The fourth-order valence-corrected chi connectivity index (χ4v) is 1.28. The van der Waals surface area contributed by atoms with Gasteiger partial charge in [0.15, 0.2) is 0 Å². The molecule has 0 fully saturated rings. The molecule has 0 radical (unpaired) electrons. The van der Waals surface area contributed by atoms with Gasteiger partial charge in [0.05, 0.1) is 0 Å². The van der Waals surface area contributed by atoms with Crippen LogP contribution in [-0.2, 0) is 4.79 Å². The highest BCUT2D eigenvalue weighted by Crippen LogP contribution is 2.15. The average molecular weight is 233 g/mol. The number of anilines is 1. The van der Waals surface area contributed by atoms with Crippen molar-refractivity contribution in [2.45, 2.75) is 20.8 Å². The highest BCUT2D eigenvalue weighted by atomic mass is 16.1. The minimum atomic E-state index is 0.873. The minimum Gasteiger partial charge on any atom is -0.373 e. The van der Waals surface area contributed by atoms with Gasteiger partial charge in [-0.1, -0.05) is 13.8 Å². The van der Waals surface area contributed by atoms with E-state index in [2.05, 4.69) is 15.3 Å². The Hall–Kier alpha value is -1.97. The zero-order valence-corrected chi connectivity index (χ0v) is 10.8. The Bertz CT molecular complexity index is 457. The lowest BCUT2D eigenvalue weighted by Crippen LogP contribution is -1.91. The molecule has 92 valence electrons. The van der Waals surface area contributed by atoms with Gasteiger partial charge >= 0.3 is 0 Å². The molecule has 0 bridgehead atoms. The Balaban J connectivity index is 0.000000581. The van der Waals surface area contributed by atoms with E-state index in [1.165, 1.54) is 0 Å². The van der Waals surface area contributed by atoms with Crippen LogP contribution < -0.4 is 5.32 Å². The summed E-state index contributed by atoms with van der Waals surface area (Å²) >= 11 is 0. The quantitative estimate of drug-likeness (QED) is 0.823. The van der Waals surface area contributed by atoms with Crippen molar-refractivity contribution < 1.29 is 4.79 Å². The first-order chi connectivity index (χ1) is 8.29. The van der Waals surface area contributed by atoms with Crippen LogP contribution in [0.5, 0.6) is 0 Å². The van der Waals surface area contributed by atoms with Gasteiger partial charge in [0.2, 0.25) is 0 Å². The van der Waals surface area contributed by atoms with Crippen molar-refractivity contribution in [3.05, 3.63) is 30.2 Å². The lowest BCUT2D eigenvalue weighted by Gasteiger charge is -2.01. The summed E-state index contributed by atoms with van der Waals surface area (Å²) < 4.78 is 0. The molecule has 4 nitrogen and oxygen atoms in total. The number of nitrogens with zero attached hydrogens (tertiary/aromatic N) is 2. The maximum atomic E-state index is 8.00. The number of carbonyl (C=O) groups excluding carboxylic acids is 1. The van der Waals surface area contributed by atoms with E-state index in [9.17, 15) is 0 Å². The Morgan fingerprint density at radius 1 is 1.06 bits per heavy atom. The van der Waals surface area contributed by atoms with E-state index in [-0.39, 0.29) is 0 Å². The van der Waals surface area contributed by atoms with Gasteiger partial charge in [0.1, 0.15) is 12.6 Å². The molecule has 2 aromatic heterocycles. The summed E-state index contributed by atoms with van der Waals surface area (Å²) in [7, 11) is 1.86. The van der Waals surface area contributed by atoms with Gasteiger partial charge in [-0.25, -0.2) is 4.98 Å². The molecule has 0 saturated heterocycles. The fourth-order valence-electron chi connectivity index (χ4n) is 1.28. The standard InChI is InChI=1S/C10H11N3.C2H6.CH2O/c1-7-3-8-6-13-10(11-2)4-9(8)5-12-7;2*1-2/h3-6H,1-2H3,(H,11,13);1-2H3;1H2. The molecular weight excluding hydrogens is 214 g/mol. The minimum absolute atomic E-state index is 0.873. The number of aryl methyl sites for hydroxylation is 1. The van der Waals surface area contributed by atoms with Crippen LogP contribution in [0.1, 0.15) is 19.5 Å². The van der Waals surface area contributed by atoms with Crippen molar-refractivity contribution in [2.75, 3.05) is 12.4 Å². The summed E-state index contributed by atoms with van der Waals surface area (Å²) in [6.45, 7) is 7.98. The van der Waals surface area contributed by atoms with Gasteiger partial charge in [-0.15, -0.1) is 0 Å². The third kappa shape index (κ3) is 4.18. The third-order valence-electron chi connectivity index (χ3n) is 2.00. The van der Waals surface area contributed by atoms with E-state index in [1.54, 1.807) is 0 Å². The molecule has 0 aliphatic rings. The van der Waals surface area contributed by atoms with Gasteiger partial charge in [0.25, 0.3) is 0 Å². The van der Waals surface area contributed by atoms with Crippen LogP contribution in [0.3, 0.4) is 0 Å². The molecule has 0 aliphatic heterocycles. The molecule has 2 aromatic rings. The summed E-state index contributed by atoms with van der Waals surface area (Å²) in [6, 6.07) is 4.02. The number of pyridine rings is 2. The Morgan fingerprint density at radius 2 is 1.59 bits per heavy atom. The second-order valence-corrected chi connectivity index (χ2v) is 2.99. The van der Waals surface area contributed by atoms with Gasteiger partial charge < -0.3 is 10.1 Å². The number of aromatic nitrogens is 2. The molecule has 0 spiro atoms. The van der Waals surface area contributed by atoms with Crippen LogP contribution in [0.2, 0.25) is 0 Å². The molecule has 0 aliphatic carbocycles. The predicted molar refractivity (Wildman–Crippen MR) is 72.3 cm³/mol. The normalized spacial score (nSPS) is 8.47. The van der Waals surface area contributed by atoms with Crippen molar-refractivity contribution in [2.24, 2.45) is 0 Å². The molecule has 0 saturated carbocycles. The summed E-state index contributed by atoms with van der Waals surface area (Å²) in [6.07, 6.45) is 3.73. The number of hydrogen-bond acceptors (Lipinski definition) is 4. The summed E-state index contributed by atoms with van der Waals surface area (Å²) in [4.78, 5) is 16.5. The highest BCUT2D eigenvalue weighted by molar-refractivity contribution is 5.83. The first-order valence-corrected chi connectivity index (χ1v) is 5.48. The van der Waals surface area contributed by atoms with Crippen LogP contribution in [-0.4, -0.2) is 23.8 Å². The molecule has 4 heteroatoms. The molecule has 0 aromatic carbocycles. The van der Waals surface area contributed by atoms with E-state index < -0.39 is 0 Å². The summed E-state index contributed by atoms with van der Waals surface area (Å²) in [5.74, 6) is 0.873. The van der Waals surface area contributed by atoms with E-state index in [1.807, 2.05) is 59.1 Å². The molecular formula is C13H19N3O. The van der Waals surface area contributed by atoms with Crippen molar-refractivity contribution in [1.82, 2.24) is 9.97 Å². The monoisotopic (exact) mass is 233 g/mol. The van der Waals surface area contributed by atoms with Crippen LogP contribution in [0.25, 0.3) is 10.8 Å². The number of fused-ring (bicyclic) bond motifs is 1. The highest BCUT2D eigenvalue weighted by Gasteiger charge is 1.96. The first-order valence-electron chi connectivity index (χ1n) is 5.48. The number of nitrogens with one attached hydrogen (secondary N) is 1. The largest absolute Gasteiger partial charge is 0.373 e. The van der Waals surface area contributed by atoms with Crippen molar-refractivity contribution >= 4 is 23.4 Å². The van der Waals surface area contributed by atoms with Gasteiger partial charge in [-0.05, 0) is 19.1 Å². The number of hydrogen-bond donors (Lipinski definition) is 1. The molecule has 2 rings (SSSR count). The summed E-state index contributed by atoms with van der Waals surface area (Å²) in [5.41, 5.74) is 1.02. The van der Waals surface area contributed by atoms with Crippen LogP contribution in [0.4, 0.5) is 5.82 Å². The second kappa shape index (κ2) is 8.21. The van der Waals surface area contributed by atoms with Gasteiger partial charge in [-0.3, -0.25) is 4.98 Å². The smallest absolute Gasteiger partial charge is 0.126 e. The SMILES string of the molecule is C=O.CC.CNc1cc2cnc(C)cc2cn1. The van der Waals surface area contributed by atoms with E-state index in [0.29, 0.717) is 0 Å². The predicted octanol–water partition coefficient (Wildman–Crippen LogP) is 2.82. The van der Waals surface area contributed by atoms with Gasteiger partial charge in [-0.2, -0.15) is 0 Å². The maximum absolute atomic E-state index is 8.00. The van der Waals surface area contributed by atoms with Crippen LogP contribution in [0.15, 0.2) is 24.5 Å². The van der Waals surface area contributed by atoms with Crippen molar-refractivity contribution in [1.29, 1.82) is 0 Å². The van der Waals surface area contributed by atoms with E-state index in [4.69, 9.17) is 4.79 Å². The zero-order chi connectivity index (χ0) is 13.3. The van der Waals surface area contributed by atoms with E-state index in [0.717, 1.165) is 22.3 Å². The van der Waals surface area contributed by atoms with Crippen molar-refractivity contribution in [3.63, 3.8) is 0 Å². The summed E-state index contributed by atoms with van der Waals surface area (Å²) in [5, 5.41) is 5.24. The number of rotatable bonds is 1. The molecule has 0 amide bonds. The Labute approximate surface area is 102 Å². The Morgan fingerprint density at radius 3 is 2.18 bits per heavy atom. The first kappa shape index (κ1) is 15.0. The molecule has 2 heterocycles. The molecule has 1 N–H and O–H groups in total. The third-order valence-corrected chi connectivity index (χ3v) is 2.00. The van der Waals surface area contributed by atoms with Crippen molar-refractivity contribution in [3.8, 4) is 0 Å². The second-order valence-electron chi connectivity index (χ2n) is 2.99. The van der Waals surface area contributed by atoms with E-state index >= 15 is 0 Å².